The molecule has 10 heteroatoms. The van der Waals surface area contributed by atoms with E-state index in [-0.39, 0.29) is 30.0 Å². The first-order chi connectivity index (χ1) is 11.5. The molecule has 1 amide bonds. The maximum Gasteiger partial charge on any atom is 0.410 e. The molecule has 138 valence electrons. The maximum atomic E-state index is 14.4. The van der Waals surface area contributed by atoms with Gasteiger partial charge in [0.1, 0.15) is 21.9 Å². The highest BCUT2D eigenvalue weighted by atomic mass is 79.9. The number of amides is 1. The molecule has 1 atom stereocenters. The van der Waals surface area contributed by atoms with Crippen LogP contribution in [0.25, 0.3) is 0 Å². The van der Waals surface area contributed by atoms with Crippen molar-refractivity contribution in [1.29, 1.82) is 0 Å². The Bertz CT molecular complexity index is 768. The Morgan fingerprint density at radius 2 is 2.08 bits per heavy atom. The van der Waals surface area contributed by atoms with Crippen LogP contribution in [0, 0.1) is 5.82 Å². The van der Waals surface area contributed by atoms with Crippen LogP contribution in [0.15, 0.2) is 27.7 Å². The van der Waals surface area contributed by atoms with Gasteiger partial charge in [0.05, 0.1) is 11.9 Å². The molecule has 0 aromatic heterocycles. The molecular weight excluding hydrogens is 419 g/mol. The average Bonchev–Trinajstić information content (AvgIpc) is 2.43. The van der Waals surface area contributed by atoms with Gasteiger partial charge >= 0.3 is 6.09 Å². The van der Waals surface area contributed by atoms with Gasteiger partial charge in [0.15, 0.2) is 0 Å². The molecule has 5 N–H and O–H groups in total. The fraction of sp³-hybridized carbons (Fsp3) is 0.467. The van der Waals surface area contributed by atoms with Crippen molar-refractivity contribution in [1.82, 2.24) is 5.32 Å². The van der Waals surface area contributed by atoms with Crippen LogP contribution in [-0.4, -0.2) is 47.9 Å². The number of rotatable bonds is 1. The molecule has 1 aliphatic heterocycles. The highest BCUT2D eigenvalue weighted by molar-refractivity contribution is 9.10. The van der Waals surface area contributed by atoms with Crippen LogP contribution in [0.5, 0.6) is 0 Å². The molecular formula is C15H18BrFN2O5S. The van der Waals surface area contributed by atoms with Gasteiger partial charge in [0.2, 0.25) is 0 Å². The van der Waals surface area contributed by atoms with Gasteiger partial charge in [0, 0.05) is 22.9 Å². The fourth-order valence-corrected chi connectivity index (χ4v) is 6.49. The number of carboxylic acid groups (broad SMARTS) is 1. The predicted octanol–water partition coefficient (Wildman–Crippen LogP) is 3.13. The third-order valence-corrected chi connectivity index (χ3v) is 8.00. The van der Waals surface area contributed by atoms with Crippen molar-refractivity contribution in [3.63, 3.8) is 0 Å². The van der Waals surface area contributed by atoms with E-state index in [4.69, 9.17) is 5.11 Å². The van der Waals surface area contributed by atoms with Crippen LogP contribution >= 0.6 is 26.5 Å². The molecule has 1 aromatic carbocycles. The Balaban J connectivity index is 2.16. The summed E-state index contributed by atoms with van der Waals surface area (Å²) in [4.78, 5) is 15.6. The first-order valence-electron chi connectivity index (χ1n) is 7.48. The van der Waals surface area contributed by atoms with Crippen molar-refractivity contribution in [2.45, 2.75) is 36.2 Å². The second-order valence-corrected chi connectivity index (χ2v) is 9.98. The number of aliphatic hydroxyl groups is 1. The number of hydrogen-bond acceptors (Lipinski definition) is 5. The maximum absolute atomic E-state index is 14.4. The van der Waals surface area contributed by atoms with Gasteiger partial charge in [-0.2, -0.15) is 10.6 Å². The van der Waals surface area contributed by atoms with Crippen molar-refractivity contribution in [2.24, 2.45) is 4.99 Å². The van der Waals surface area contributed by atoms with Crippen LogP contribution in [0.4, 0.5) is 9.18 Å². The third kappa shape index (κ3) is 2.95. The second kappa shape index (κ2) is 5.92. The Kier molecular flexibility index (Phi) is 4.40. The molecule has 0 saturated heterocycles. The molecule has 0 radical (unpaired) electrons. The summed E-state index contributed by atoms with van der Waals surface area (Å²) in [5, 5.41) is 20.9. The van der Waals surface area contributed by atoms with Crippen molar-refractivity contribution in [3.05, 3.63) is 34.1 Å². The third-order valence-electron chi connectivity index (χ3n) is 4.76. The van der Waals surface area contributed by atoms with E-state index in [0.717, 1.165) is 0 Å². The van der Waals surface area contributed by atoms with E-state index in [2.05, 4.69) is 26.2 Å². The molecule has 3 rings (SSSR count). The topological polar surface area (TPSA) is 122 Å². The summed E-state index contributed by atoms with van der Waals surface area (Å²) in [5.41, 5.74) is -1.24. The standard InChI is InChI=1S/C15H18BrFN2O5S/c1-14(10-4-8(16)2-3-11(10)17)7-25(23,24)15(5-9(20)6-15)12(19-14)18-13(21)22/h2-4,9,20,23-24H,5-7H2,1H3,(H,18,19)(H,21,22). The minimum atomic E-state index is -3.40. The Hall–Kier alpha value is -1.20. The zero-order valence-corrected chi connectivity index (χ0v) is 15.6. The minimum Gasteiger partial charge on any atom is -0.465 e. The number of amidine groups is 1. The first-order valence-corrected chi connectivity index (χ1v) is 9.99. The van der Waals surface area contributed by atoms with Gasteiger partial charge in [0.25, 0.3) is 0 Å². The van der Waals surface area contributed by atoms with E-state index in [9.17, 15) is 23.4 Å². The number of nitrogens with one attached hydrogen (secondary N) is 1. The largest absolute Gasteiger partial charge is 0.465 e. The fourth-order valence-electron chi connectivity index (χ4n) is 3.52. The van der Waals surface area contributed by atoms with E-state index in [0.29, 0.717) is 4.47 Å². The monoisotopic (exact) mass is 436 g/mol. The summed E-state index contributed by atoms with van der Waals surface area (Å²) < 4.78 is 35.2. The molecule has 1 aromatic rings. The number of aliphatic hydroxyl groups excluding tert-OH is 1. The molecule has 1 fully saturated rings. The Morgan fingerprint density at radius 1 is 1.44 bits per heavy atom. The average molecular weight is 437 g/mol. The summed E-state index contributed by atoms with van der Waals surface area (Å²) >= 11 is 3.25. The van der Waals surface area contributed by atoms with Crippen molar-refractivity contribution in [3.8, 4) is 0 Å². The Labute approximate surface area is 153 Å². The number of halogens is 2. The highest BCUT2D eigenvalue weighted by Gasteiger charge is 2.62. The zero-order valence-electron chi connectivity index (χ0n) is 13.2. The van der Waals surface area contributed by atoms with Crippen LogP contribution in [0.3, 0.4) is 0 Å². The van der Waals surface area contributed by atoms with Gasteiger partial charge in [-0.1, -0.05) is 15.9 Å². The number of nitrogens with zero attached hydrogens (tertiary/aromatic N) is 1. The molecule has 1 heterocycles. The van der Waals surface area contributed by atoms with Crippen molar-refractivity contribution < 1.29 is 28.5 Å². The molecule has 1 spiro atoms. The van der Waals surface area contributed by atoms with E-state index in [1.54, 1.807) is 0 Å². The quantitative estimate of drug-likeness (QED) is 0.462. The lowest BCUT2D eigenvalue weighted by atomic mass is 9.79. The zero-order chi connectivity index (χ0) is 18.6. The summed E-state index contributed by atoms with van der Waals surface area (Å²) in [5.74, 6) is -0.979. The van der Waals surface area contributed by atoms with Gasteiger partial charge in [-0.25, -0.2) is 9.18 Å². The van der Waals surface area contributed by atoms with Crippen LogP contribution in [-0.2, 0) is 5.54 Å². The van der Waals surface area contributed by atoms with E-state index >= 15 is 0 Å². The summed E-state index contributed by atoms with van der Waals surface area (Å²) in [7, 11) is -3.40. The van der Waals surface area contributed by atoms with Crippen molar-refractivity contribution in [2.75, 3.05) is 5.75 Å². The number of carbonyl (C=O) groups is 1. The second-order valence-electron chi connectivity index (χ2n) is 6.66. The number of benzene rings is 1. The van der Waals surface area contributed by atoms with Gasteiger partial charge in [-0.05, 0) is 25.1 Å². The lowest BCUT2D eigenvalue weighted by Crippen LogP contribution is -2.65. The SMILES string of the molecule is CC1(c2cc(Br)ccc2F)CS(O)(O)C2(CC(O)C2)C(NC(=O)O)=N1. The first kappa shape index (κ1) is 18.6. The predicted molar refractivity (Wildman–Crippen MR) is 95.7 cm³/mol. The van der Waals surface area contributed by atoms with E-state index in [1.165, 1.54) is 25.1 Å². The lowest BCUT2D eigenvalue weighted by Gasteiger charge is -2.61. The smallest absolute Gasteiger partial charge is 0.410 e. The lowest BCUT2D eigenvalue weighted by molar-refractivity contribution is 0.0733. The Morgan fingerprint density at radius 3 is 2.64 bits per heavy atom. The summed E-state index contributed by atoms with van der Waals surface area (Å²) in [6.07, 6.45) is -2.19. The molecule has 2 aliphatic rings. The van der Waals surface area contributed by atoms with Gasteiger partial charge < -0.3 is 10.2 Å². The molecule has 1 saturated carbocycles. The highest BCUT2D eigenvalue weighted by Crippen LogP contribution is 2.66. The van der Waals surface area contributed by atoms with E-state index in [1.807, 2.05) is 0 Å². The molecule has 0 bridgehead atoms. The normalized spacial score (nSPS) is 34.8. The molecule has 1 aliphatic carbocycles. The summed E-state index contributed by atoms with van der Waals surface area (Å²) in [6, 6.07) is 4.22. The van der Waals surface area contributed by atoms with Gasteiger partial charge in [-0.15, -0.1) is 0 Å². The number of aliphatic imine (C=N–C) groups is 1. The van der Waals surface area contributed by atoms with E-state index < -0.39 is 38.9 Å². The molecule has 7 nitrogen and oxygen atoms in total. The number of hydrogen-bond donors (Lipinski definition) is 5. The van der Waals surface area contributed by atoms with Crippen molar-refractivity contribution >= 4 is 38.4 Å². The van der Waals surface area contributed by atoms with Gasteiger partial charge in [-0.3, -0.25) is 19.4 Å². The molecule has 1 unspecified atom stereocenters. The van der Waals surface area contributed by atoms with Crippen LogP contribution < -0.4 is 5.32 Å². The van der Waals surface area contributed by atoms with Crippen LogP contribution in [0.1, 0.15) is 25.3 Å². The molecule has 25 heavy (non-hydrogen) atoms. The minimum absolute atomic E-state index is 0.00844. The summed E-state index contributed by atoms with van der Waals surface area (Å²) in [6.45, 7) is 1.53. The van der Waals surface area contributed by atoms with Crippen LogP contribution in [0.2, 0.25) is 0 Å².